The van der Waals surface area contributed by atoms with E-state index in [1.807, 2.05) is 0 Å². The van der Waals surface area contributed by atoms with Crippen LogP contribution in [0.4, 0.5) is 0 Å². The Morgan fingerprint density at radius 1 is 1.40 bits per heavy atom. The van der Waals surface area contributed by atoms with Gasteiger partial charge in [-0.3, -0.25) is 4.79 Å². The third-order valence-corrected chi connectivity index (χ3v) is 2.30. The van der Waals surface area contributed by atoms with Gasteiger partial charge in [0, 0.05) is 12.5 Å². The molecule has 1 aromatic heterocycles. The molecule has 0 saturated heterocycles. The lowest BCUT2D eigenvalue weighted by molar-refractivity contribution is -0.157. The highest BCUT2D eigenvalue weighted by atomic mass is 16.5. The van der Waals surface area contributed by atoms with Crippen molar-refractivity contribution in [2.45, 2.75) is 33.9 Å². The van der Waals surface area contributed by atoms with Crippen molar-refractivity contribution in [1.82, 2.24) is 15.0 Å². The molecule has 0 aliphatic heterocycles. The lowest BCUT2D eigenvalue weighted by Crippen LogP contribution is -2.24. The molecule has 0 atom stereocenters. The molecular weight excluding hydrogens is 262 g/mol. The number of hydrogen-bond donors (Lipinski definition) is 0. The van der Waals surface area contributed by atoms with Crippen LogP contribution in [0.1, 0.15) is 26.5 Å². The second kappa shape index (κ2) is 6.83. The number of aromatic nitrogens is 3. The molecule has 0 spiro atoms. The van der Waals surface area contributed by atoms with E-state index in [1.165, 1.54) is 4.68 Å². The Bertz CT molecular complexity index is 488. The van der Waals surface area contributed by atoms with Crippen molar-refractivity contribution < 1.29 is 19.1 Å². The van der Waals surface area contributed by atoms with E-state index in [1.54, 1.807) is 27.0 Å². The Morgan fingerprint density at radius 2 is 2.10 bits per heavy atom. The summed E-state index contributed by atoms with van der Waals surface area (Å²) in [7, 11) is 0. The van der Waals surface area contributed by atoms with Crippen LogP contribution < -0.4 is 0 Å². The third-order valence-electron chi connectivity index (χ3n) is 2.30. The fraction of sp³-hybridized carbons (Fsp3) is 0.538. The van der Waals surface area contributed by atoms with Crippen molar-refractivity contribution in [1.29, 1.82) is 0 Å². The Kier molecular flexibility index (Phi) is 5.42. The summed E-state index contributed by atoms with van der Waals surface area (Å²) in [6, 6.07) is 0. The van der Waals surface area contributed by atoms with Crippen LogP contribution in [0.3, 0.4) is 0 Å². The second-order valence-corrected chi connectivity index (χ2v) is 5.18. The molecule has 0 saturated carbocycles. The molecule has 0 aromatic carbocycles. The summed E-state index contributed by atoms with van der Waals surface area (Å²) in [4.78, 5) is 22.4. The zero-order valence-electron chi connectivity index (χ0n) is 12.0. The van der Waals surface area contributed by atoms with Gasteiger partial charge in [0.15, 0.2) is 6.73 Å². The average Bonchev–Trinajstić information content (AvgIpc) is 2.82. The van der Waals surface area contributed by atoms with Crippen LogP contribution in [0.5, 0.6) is 0 Å². The minimum absolute atomic E-state index is 0.00947. The van der Waals surface area contributed by atoms with E-state index < -0.39 is 11.4 Å². The van der Waals surface area contributed by atoms with Crippen molar-refractivity contribution in [2.24, 2.45) is 5.41 Å². The Labute approximate surface area is 117 Å². The smallest absolute Gasteiger partial charge is 0.330 e. The first-order chi connectivity index (χ1) is 9.32. The first-order valence-corrected chi connectivity index (χ1v) is 6.18. The number of hydrogen-bond acceptors (Lipinski definition) is 6. The number of esters is 2. The number of ether oxygens (including phenoxy) is 2. The molecule has 1 rings (SSSR count). The zero-order chi connectivity index (χ0) is 15.2. The third kappa shape index (κ3) is 5.21. The van der Waals surface area contributed by atoms with Gasteiger partial charge < -0.3 is 9.47 Å². The van der Waals surface area contributed by atoms with Gasteiger partial charge in [-0.2, -0.15) is 0 Å². The highest BCUT2D eigenvalue weighted by molar-refractivity contribution is 5.81. The molecule has 0 N–H and O–H groups in total. The molecule has 1 heterocycles. The SMILES string of the molecule is C=CC(=O)OCCc1cn(COC(=O)C(C)(C)C)nn1. The van der Waals surface area contributed by atoms with Gasteiger partial charge in [0.2, 0.25) is 0 Å². The predicted molar refractivity (Wildman–Crippen MR) is 70.4 cm³/mol. The van der Waals surface area contributed by atoms with Crippen LogP contribution in [0.2, 0.25) is 0 Å². The first kappa shape index (κ1) is 15.9. The summed E-state index contributed by atoms with van der Waals surface area (Å²) in [6.45, 7) is 8.83. The van der Waals surface area contributed by atoms with Crippen molar-refractivity contribution in [3.8, 4) is 0 Å². The summed E-state index contributed by atoms with van der Waals surface area (Å²) in [5, 5.41) is 7.70. The maximum absolute atomic E-state index is 11.6. The quantitative estimate of drug-likeness (QED) is 0.573. The highest BCUT2D eigenvalue weighted by Crippen LogP contribution is 2.15. The maximum Gasteiger partial charge on any atom is 0.330 e. The van der Waals surface area contributed by atoms with E-state index in [0.29, 0.717) is 12.1 Å². The van der Waals surface area contributed by atoms with Crippen LogP contribution >= 0.6 is 0 Å². The van der Waals surface area contributed by atoms with E-state index in [0.717, 1.165) is 6.08 Å². The van der Waals surface area contributed by atoms with Gasteiger partial charge in [-0.15, -0.1) is 5.10 Å². The zero-order valence-corrected chi connectivity index (χ0v) is 12.0. The van der Waals surface area contributed by atoms with Crippen LogP contribution in [-0.4, -0.2) is 33.5 Å². The minimum Gasteiger partial charge on any atom is -0.462 e. The largest absolute Gasteiger partial charge is 0.462 e. The van der Waals surface area contributed by atoms with Gasteiger partial charge in [0.1, 0.15) is 0 Å². The number of rotatable bonds is 6. The second-order valence-electron chi connectivity index (χ2n) is 5.18. The molecule has 0 bridgehead atoms. The molecule has 0 unspecified atom stereocenters. The minimum atomic E-state index is -0.553. The van der Waals surface area contributed by atoms with Gasteiger partial charge >= 0.3 is 11.9 Å². The first-order valence-electron chi connectivity index (χ1n) is 6.18. The van der Waals surface area contributed by atoms with Crippen LogP contribution in [0.25, 0.3) is 0 Å². The van der Waals surface area contributed by atoms with Gasteiger partial charge in [-0.1, -0.05) is 11.8 Å². The standard InChI is InChI=1S/C13H19N3O4/c1-5-11(17)19-7-6-10-8-16(15-14-10)9-20-12(18)13(2,3)4/h5,8H,1,6-7,9H2,2-4H3. The molecule has 0 aliphatic rings. The van der Waals surface area contributed by atoms with Crippen LogP contribution in [0, 0.1) is 5.41 Å². The molecule has 0 fully saturated rings. The molecule has 7 nitrogen and oxygen atoms in total. The van der Waals surface area contributed by atoms with Crippen molar-refractivity contribution in [3.63, 3.8) is 0 Å². The molecule has 20 heavy (non-hydrogen) atoms. The number of carbonyl (C=O) groups is 2. The maximum atomic E-state index is 11.6. The fourth-order valence-electron chi connectivity index (χ4n) is 1.17. The Balaban J connectivity index is 2.38. The van der Waals surface area contributed by atoms with Crippen molar-refractivity contribution in [3.05, 3.63) is 24.5 Å². The monoisotopic (exact) mass is 281 g/mol. The van der Waals surface area contributed by atoms with Gasteiger partial charge in [0.05, 0.1) is 23.9 Å². The Morgan fingerprint density at radius 3 is 2.70 bits per heavy atom. The van der Waals surface area contributed by atoms with Gasteiger partial charge in [-0.25, -0.2) is 9.48 Å². The van der Waals surface area contributed by atoms with Crippen LogP contribution in [-0.2, 0) is 32.2 Å². The summed E-state index contributed by atoms with van der Waals surface area (Å²) in [6.07, 6.45) is 3.17. The summed E-state index contributed by atoms with van der Waals surface area (Å²) in [5.41, 5.74) is 0.0936. The van der Waals surface area contributed by atoms with Gasteiger partial charge in [0.25, 0.3) is 0 Å². The summed E-state index contributed by atoms with van der Waals surface area (Å²) < 4.78 is 11.3. The van der Waals surface area contributed by atoms with Crippen LogP contribution in [0.15, 0.2) is 18.9 Å². The molecule has 110 valence electrons. The molecule has 0 aliphatic carbocycles. The lowest BCUT2D eigenvalue weighted by atomic mass is 9.98. The average molecular weight is 281 g/mol. The number of nitrogens with zero attached hydrogens (tertiary/aromatic N) is 3. The van der Waals surface area contributed by atoms with Crippen molar-refractivity contribution >= 4 is 11.9 Å². The lowest BCUT2D eigenvalue weighted by Gasteiger charge is -2.15. The molecule has 1 aromatic rings. The van der Waals surface area contributed by atoms with E-state index in [9.17, 15) is 9.59 Å². The molecule has 0 amide bonds. The molecule has 7 heteroatoms. The number of carbonyl (C=O) groups excluding carboxylic acids is 2. The normalized spacial score (nSPS) is 10.9. The van der Waals surface area contributed by atoms with E-state index >= 15 is 0 Å². The predicted octanol–water partition coefficient (Wildman–Crippen LogP) is 1.10. The van der Waals surface area contributed by atoms with E-state index in [-0.39, 0.29) is 19.3 Å². The van der Waals surface area contributed by atoms with E-state index in [4.69, 9.17) is 9.47 Å². The topological polar surface area (TPSA) is 83.3 Å². The summed E-state index contributed by atoms with van der Waals surface area (Å²) in [5.74, 6) is -0.786. The van der Waals surface area contributed by atoms with E-state index in [2.05, 4.69) is 16.9 Å². The Hall–Kier alpha value is -2.18. The van der Waals surface area contributed by atoms with Crippen molar-refractivity contribution in [2.75, 3.05) is 6.61 Å². The fourth-order valence-corrected chi connectivity index (χ4v) is 1.17. The molecule has 0 radical (unpaired) electrons. The highest BCUT2D eigenvalue weighted by Gasteiger charge is 2.23. The molecular formula is C13H19N3O4. The summed E-state index contributed by atoms with van der Waals surface area (Å²) >= 11 is 0. The van der Waals surface area contributed by atoms with Gasteiger partial charge in [-0.05, 0) is 20.8 Å².